The molecule has 3 nitrogen and oxygen atoms in total. The molecule has 0 atom stereocenters. The van der Waals surface area contributed by atoms with Gasteiger partial charge in [0, 0.05) is 16.7 Å². The fourth-order valence-electron chi connectivity index (χ4n) is 1.43. The first-order valence-electron chi connectivity index (χ1n) is 5.10. The quantitative estimate of drug-likeness (QED) is 0.760. The topological polar surface area (TPSA) is 60.7 Å². The third-order valence-electron chi connectivity index (χ3n) is 2.28. The van der Waals surface area contributed by atoms with E-state index < -0.39 is 0 Å². The predicted molar refractivity (Wildman–Crippen MR) is 68.4 cm³/mol. The van der Waals surface area contributed by atoms with E-state index in [0.29, 0.717) is 16.5 Å². The molecule has 0 N–H and O–H groups in total. The van der Waals surface area contributed by atoms with Gasteiger partial charge in [0.25, 0.3) is 0 Å². The average Bonchev–Trinajstić information content (AvgIpc) is 2.85. The van der Waals surface area contributed by atoms with Crippen LogP contribution in [0.3, 0.4) is 0 Å². The van der Waals surface area contributed by atoms with Crippen LogP contribution in [0, 0.1) is 22.7 Å². The van der Waals surface area contributed by atoms with Crippen molar-refractivity contribution in [1.29, 1.82) is 10.5 Å². The van der Waals surface area contributed by atoms with Crippen molar-refractivity contribution in [3.63, 3.8) is 0 Å². The van der Waals surface area contributed by atoms with Crippen molar-refractivity contribution >= 4 is 17.7 Å². The van der Waals surface area contributed by atoms with Crippen LogP contribution in [0.15, 0.2) is 46.4 Å². The Labute approximate surface area is 109 Å². The number of halogens is 1. The second kappa shape index (κ2) is 5.23. The lowest BCUT2D eigenvalue weighted by Gasteiger charge is -1.96. The molecule has 0 fully saturated rings. The Balaban J connectivity index is 2.32. The Hall–Kier alpha value is -2.49. The summed E-state index contributed by atoms with van der Waals surface area (Å²) in [6, 6.07) is 14.3. The van der Waals surface area contributed by atoms with E-state index in [1.54, 1.807) is 36.4 Å². The second-order valence-electron chi connectivity index (χ2n) is 3.49. The molecule has 4 heteroatoms. The summed E-state index contributed by atoms with van der Waals surface area (Å²) in [6.45, 7) is 0. The van der Waals surface area contributed by atoms with E-state index in [4.69, 9.17) is 26.5 Å². The van der Waals surface area contributed by atoms with Crippen molar-refractivity contribution in [2.45, 2.75) is 0 Å². The predicted octanol–water partition coefficient (Wildman–Crippen LogP) is 4.03. The Morgan fingerprint density at radius 3 is 2.33 bits per heavy atom. The van der Waals surface area contributed by atoms with Crippen LogP contribution in [-0.4, -0.2) is 0 Å². The molecule has 18 heavy (non-hydrogen) atoms. The Bertz CT molecular complexity index is 653. The summed E-state index contributed by atoms with van der Waals surface area (Å²) in [5.74, 6) is 1.13. The zero-order valence-electron chi connectivity index (χ0n) is 9.22. The smallest absolute Gasteiger partial charge is 0.134 e. The maximum absolute atomic E-state index is 8.64. The molecular weight excluding hydrogens is 248 g/mol. The molecule has 1 aromatic carbocycles. The molecule has 0 bridgehead atoms. The highest BCUT2D eigenvalue weighted by Crippen LogP contribution is 2.24. The van der Waals surface area contributed by atoms with E-state index in [2.05, 4.69) is 0 Å². The van der Waals surface area contributed by atoms with Gasteiger partial charge in [-0.1, -0.05) is 11.6 Å². The number of furan rings is 1. The third-order valence-corrected chi connectivity index (χ3v) is 2.53. The van der Waals surface area contributed by atoms with Gasteiger partial charge in [0.05, 0.1) is 0 Å². The standard InChI is InChI=1S/C14H7ClN2O/c15-12-3-1-11(2-4-12)14-6-5-13(18-14)7-10(8-16)9-17/h1-7H. The summed E-state index contributed by atoms with van der Waals surface area (Å²) < 4.78 is 5.52. The highest BCUT2D eigenvalue weighted by molar-refractivity contribution is 6.30. The van der Waals surface area contributed by atoms with Gasteiger partial charge >= 0.3 is 0 Å². The number of allylic oxidation sites excluding steroid dienone is 1. The van der Waals surface area contributed by atoms with Gasteiger partial charge in [0.2, 0.25) is 0 Å². The van der Waals surface area contributed by atoms with Crippen LogP contribution in [0.2, 0.25) is 5.02 Å². The van der Waals surface area contributed by atoms with Gasteiger partial charge in [-0.15, -0.1) is 0 Å². The SMILES string of the molecule is N#CC(C#N)=Cc1ccc(-c2ccc(Cl)cc2)o1. The fourth-order valence-corrected chi connectivity index (χ4v) is 1.56. The van der Waals surface area contributed by atoms with E-state index in [1.807, 2.05) is 12.1 Å². The van der Waals surface area contributed by atoms with Crippen molar-refractivity contribution in [2.75, 3.05) is 0 Å². The Morgan fingerprint density at radius 1 is 1.06 bits per heavy atom. The summed E-state index contributed by atoms with van der Waals surface area (Å²) >= 11 is 5.80. The van der Waals surface area contributed by atoms with Crippen molar-refractivity contribution in [3.8, 4) is 23.5 Å². The molecule has 0 radical (unpaired) electrons. The van der Waals surface area contributed by atoms with Crippen molar-refractivity contribution in [2.24, 2.45) is 0 Å². The fraction of sp³-hybridized carbons (Fsp3) is 0. The largest absolute Gasteiger partial charge is 0.457 e. The zero-order chi connectivity index (χ0) is 13.0. The molecule has 0 aliphatic rings. The summed E-state index contributed by atoms with van der Waals surface area (Å²) in [5, 5.41) is 17.9. The van der Waals surface area contributed by atoms with Crippen LogP contribution in [0.4, 0.5) is 0 Å². The summed E-state index contributed by atoms with van der Waals surface area (Å²) in [5.41, 5.74) is 0.890. The number of hydrogen-bond acceptors (Lipinski definition) is 3. The highest BCUT2D eigenvalue weighted by Gasteiger charge is 2.04. The molecule has 2 rings (SSSR count). The third kappa shape index (κ3) is 2.60. The van der Waals surface area contributed by atoms with E-state index in [1.165, 1.54) is 6.08 Å². The first-order valence-corrected chi connectivity index (χ1v) is 5.48. The van der Waals surface area contributed by atoms with Crippen LogP contribution in [0.5, 0.6) is 0 Å². The van der Waals surface area contributed by atoms with Crippen LogP contribution >= 0.6 is 11.6 Å². The number of nitrogens with zero attached hydrogens (tertiary/aromatic N) is 2. The summed E-state index contributed by atoms with van der Waals surface area (Å²) in [7, 11) is 0. The van der Waals surface area contributed by atoms with Gasteiger partial charge < -0.3 is 4.42 Å². The van der Waals surface area contributed by atoms with Crippen molar-refractivity contribution in [1.82, 2.24) is 0 Å². The maximum Gasteiger partial charge on any atom is 0.134 e. The minimum Gasteiger partial charge on any atom is -0.457 e. The van der Waals surface area contributed by atoms with Crippen LogP contribution < -0.4 is 0 Å². The van der Waals surface area contributed by atoms with Gasteiger partial charge in [-0.3, -0.25) is 0 Å². The number of hydrogen-bond donors (Lipinski definition) is 0. The minimum atomic E-state index is 0.00649. The number of rotatable bonds is 2. The Morgan fingerprint density at radius 2 is 1.72 bits per heavy atom. The monoisotopic (exact) mass is 254 g/mol. The first-order chi connectivity index (χ1) is 8.72. The molecule has 0 saturated heterocycles. The van der Waals surface area contributed by atoms with Gasteiger partial charge in [0.1, 0.15) is 29.2 Å². The summed E-state index contributed by atoms with van der Waals surface area (Å²) in [6.07, 6.45) is 1.40. The lowest BCUT2D eigenvalue weighted by molar-refractivity contribution is 0.571. The molecule has 0 aliphatic heterocycles. The highest BCUT2D eigenvalue weighted by atomic mass is 35.5. The van der Waals surface area contributed by atoms with Gasteiger partial charge in [-0.05, 0) is 36.4 Å². The summed E-state index contributed by atoms with van der Waals surface area (Å²) in [4.78, 5) is 0. The van der Waals surface area contributed by atoms with E-state index in [0.717, 1.165) is 5.56 Å². The lowest BCUT2D eigenvalue weighted by Crippen LogP contribution is -1.73. The van der Waals surface area contributed by atoms with E-state index >= 15 is 0 Å². The molecular formula is C14H7ClN2O. The second-order valence-corrected chi connectivity index (χ2v) is 3.93. The van der Waals surface area contributed by atoms with Crippen molar-refractivity contribution in [3.05, 3.63) is 52.8 Å². The average molecular weight is 255 g/mol. The van der Waals surface area contributed by atoms with Crippen LogP contribution in [-0.2, 0) is 0 Å². The number of benzene rings is 1. The minimum absolute atomic E-state index is 0.00649. The molecule has 86 valence electrons. The molecule has 0 saturated carbocycles. The molecule has 0 aliphatic carbocycles. The maximum atomic E-state index is 8.64. The van der Waals surface area contributed by atoms with E-state index in [-0.39, 0.29) is 5.57 Å². The molecule has 2 aromatic rings. The zero-order valence-corrected chi connectivity index (χ0v) is 9.98. The molecule has 1 aromatic heterocycles. The molecule has 0 amide bonds. The normalized spacial score (nSPS) is 9.28. The first kappa shape index (κ1) is 12.0. The molecule has 0 spiro atoms. The van der Waals surface area contributed by atoms with Crippen LogP contribution in [0.25, 0.3) is 17.4 Å². The van der Waals surface area contributed by atoms with Gasteiger partial charge in [0.15, 0.2) is 0 Å². The van der Waals surface area contributed by atoms with Gasteiger partial charge in [-0.25, -0.2) is 0 Å². The van der Waals surface area contributed by atoms with Crippen molar-refractivity contribution < 1.29 is 4.42 Å². The number of nitriles is 2. The van der Waals surface area contributed by atoms with E-state index in [9.17, 15) is 0 Å². The van der Waals surface area contributed by atoms with Gasteiger partial charge in [-0.2, -0.15) is 10.5 Å². The lowest BCUT2D eigenvalue weighted by atomic mass is 10.2. The molecule has 1 heterocycles. The Kier molecular flexibility index (Phi) is 3.48. The molecule has 0 unspecified atom stereocenters. The van der Waals surface area contributed by atoms with Crippen LogP contribution in [0.1, 0.15) is 5.76 Å².